The lowest BCUT2D eigenvalue weighted by atomic mass is 10.00. The van der Waals surface area contributed by atoms with Gasteiger partial charge in [0.15, 0.2) is 5.11 Å². The van der Waals surface area contributed by atoms with E-state index in [0.717, 1.165) is 28.2 Å². The molecule has 2 aromatic carbocycles. The average molecular weight is 443 g/mol. The molecular formula is C26H23FN4S. The zero-order valence-electron chi connectivity index (χ0n) is 17.9. The summed E-state index contributed by atoms with van der Waals surface area (Å²) >= 11 is 5.83. The van der Waals surface area contributed by atoms with Crippen molar-refractivity contribution in [1.82, 2.24) is 14.9 Å². The van der Waals surface area contributed by atoms with Gasteiger partial charge in [0.25, 0.3) is 0 Å². The number of hydrogen-bond acceptors (Lipinski definition) is 2. The predicted octanol–water partition coefficient (Wildman–Crippen LogP) is 5.81. The van der Waals surface area contributed by atoms with E-state index in [9.17, 15) is 4.39 Å². The van der Waals surface area contributed by atoms with Crippen LogP contribution in [0.4, 0.5) is 10.1 Å². The summed E-state index contributed by atoms with van der Waals surface area (Å²) in [4.78, 5) is 6.73. The topological polar surface area (TPSA) is 33.1 Å². The van der Waals surface area contributed by atoms with Gasteiger partial charge in [-0.2, -0.15) is 0 Å². The third kappa shape index (κ3) is 3.56. The van der Waals surface area contributed by atoms with E-state index in [0.29, 0.717) is 10.8 Å². The molecular weight excluding hydrogens is 419 g/mol. The molecule has 32 heavy (non-hydrogen) atoms. The molecule has 1 aliphatic heterocycles. The fraction of sp³-hybridized carbons (Fsp3) is 0.154. The molecule has 2 aromatic heterocycles. The first-order valence-electron chi connectivity index (χ1n) is 10.5. The lowest BCUT2D eigenvalue weighted by molar-refractivity contribution is 0.544. The Morgan fingerprint density at radius 2 is 1.69 bits per heavy atom. The molecule has 0 spiro atoms. The number of hydrogen-bond donors (Lipinski definition) is 1. The second-order valence-corrected chi connectivity index (χ2v) is 8.48. The van der Waals surface area contributed by atoms with E-state index in [2.05, 4.69) is 47.2 Å². The van der Waals surface area contributed by atoms with Gasteiger partial charge in [0.1, 0.15) is 11.9 Å². The van der Waals surface area contributed by atoms with Crippen LogP contribution in [-0.4, -0.2) is 14.7 Å². The minimum atomic E-state index is -0.272. The average Bonchev–Trinajstić information content (AvgIpc) is 3.38. The lowest BCUT2D eigenvalue weighted by Crippen LogP contribution is -2.30. The number of pyridine rings is 1. The van der Waals surface area contributed by atoms with E-state index in [-0.39, 0.29) is 17.9 Å². The van der Waals surface area contributed by atoms with E-state index < -0.39 is 0 Å². The molecule has 4 aromatic rings. The van der Waals surface area contributed by atoms with Crippen molar-refractivity contribution in [2.24, 2.45) is 0 Å². The molecule has 4 nitrogen and oxygen atoms in total. The van der Waals surface area contributed by atoms with E-state index in [1.807, 2.05) is 47.2 Å². The predicted molar refractivity (Wildman–Crippen MR) is 130 cm³/mol. The number of benzene rings is 2. The molecule has 1 fully saturated rings. The quantitative estimate of drug-likeness (QED) is 0.405. The van der Waals surface area contributed by atoms with Crippen LogP contribution >= 0.6 is 12.2 Å². The van der Waals surface area contributed by atoms with Gasteiger partial charge in [0.05, 0.1) is 17.4 Å². The van der Waals surface area contributed by atoms with E-state index in [1.54, 1.807) is 18.3 Å². The molecule has 0 unspecified atom stereocenters. The molecule has 0 amide bonds. The van der Waals surface area contributed by atoms with Gasteiger partial charge in [-0.15, -0.1) is 0 Å². The van der Waals surface area contributed by atoms with Crippen LogP contribution in [0.2, 0.25) is 0 Å². The summed E-state index contributed by atoms with van der Waals surface area (Å²) in [6, 6.07) is 22.6. The highest BCUT2D eigenvalue weighted by Crippen LogP contribution is 2.42. The van der Waals surface area contributed by atoms with Crippen molar-refractivity contribution in [3.63, 3.8) is 0 Å². The zero-order chi connectivity index (χ0) is 22.2. The maximum Gasteiger partial charge on any atom is 0.174 e. The number of rotatable bonds is 4. The smallest absolute Gasteiger partial charge is 0.174 e. The number of aryl methyl sites for hydroxylation is 2. The van der Waals surface area contributed by atoms with Crippen LogP contribution in [0.3, 0.4) is 0 Å². The third-order valence-corrected chi connectivity index (χ3v) is 6.09. The second-order valence-electron chi connectivity index (χ2n) is 8.10. The Balaban J connectivity index is 1.70. The van der Waals surface area contributed by atoms with Crippen molar-refractivity contribution in [1.29, 1.82) is 0 Å². The van der Waals surface area contributed by atoms with Crippen LogP contribution < -0.4 is 10.2 Å². The summed E-state index contributed by atoms with van der Waals surface area (Å²) in [5.74, 6) is -0.272. The maximum atomic E-state index is 14.8. The van der Waals surface area contributed by atoms with Crippen LogP contribution in [0.25, 0.3) is 5.69 Å². The molecule has 0 aliphatic carbocycles. The van der Waals surface area contributed by atoms with Gasteiger partial charge < -0.3 is 14.8 Å². The normalized spacial score (nSPS) is 18.1. The highest BCUT2D eigenvalue weighted by atomic mass is 32.1. The minimum absolute atomic E-state index is 0.190. The summed E-state index contributed by atoms with van der Waals surface area (Å²) in [7, 11) is 0. The fourth-order valence-corrected chi connectivity index (χ4v) is 4.87. The Labute approximate surface area is 192 Å². The number of aromatic nitrogens is 2. The van der Waals surface area contributed by atoms with Crippen molar-refractivity contribution >= 4 is 23.0 Å². The summed E-state index contributed by atoms with van der Waals surface area (Å²) in [5, 5.41) is 4.10. The van der Waals surface area contributed by atoms with Crippen LogP contribution in [0.1, 0.15) is 34.6 Å². The first-order chi connectivity index (χ1) is 15.5. The van der Waals surface area contributed by atoms with E-state index >= 15 is 0 Å². The molecule has 0 radical (unpaired) electrons. The van der Waals surface area contributed by atoms with Crippen LogP contribution in [0.15, 0.2) is 85.2 Å². The summed E-state index contributed by atoms with van der Waals surface area (Å²) in [6.07, 6.45) is 3.68. The molecule has 2 atom stereocenters. The van der Waals surface area contributed by atoms with Gasteiger partial charge in [-0.1, -0.05) is 24.3 Å². The van der Waals surface area contributed by atoms with Crippen molar-refractivity contribution in [3.8, 4) is 5.69 Å². The molecule has 1 aliphatic rings. The maximum absolute atomic E-state index is 14.8. The van der Waals surface area contributed by atoms with Crippen molar-refractivity contribution in [3.05, 3.63) is 114 Å². The van der Waals surface area contributed by atoms with Crippen LogP contribution in [0, 0.1) is 19.7 Å². The van der Waals surface area contributed by atoms with Gasteiger partial charge in [0.2, 0.25) is 0 Å². The number of nitrogens with zero attached hydrogens (tertiary/aromatic N) is 3. The van der Waals surface area contributed by atoms with Crippen molar-refractivity contribution < 1.29 is 4.39 Å². The Kier molecular flexibility index (Phi) is 5.23. The number of thiocarbonyl (C=S) groups is 1. The molecule has 5 rings (SSSR count). The van der Waals surface area contributed by atoms with E-state index in [1.165, 1.54) is 6.07 Å². The standard InChI is InChI=1S/C26H23FN4S/c1-17-14-18(2)16-19(15-17)31-25(24(29-26(31)32)21-9-5-6-12-28-21)23-11-7-13-30(23)22-10-4-3-8-20(22)27/h3-16,24-25H,1-2H3,(H,29,32)/t24-,25+/m0/s1. The summed E-state index contributed by atoms with van der Waals surface area (Å²) in [5.41, 5.74) is 5.64. The first kappa shape index (κ1) is 20.4. The van der Waals surface area contributed by atoms with Gasteiger partial charge >= 0.3 is 0 Å². The largest absolute Gasteiger partial charge is 0.351 e. The van der Waals surface area contributed by atoms with Gasteiger partial charge in [-0.25, -0.2) is 4.39 Å². The first-order valence-corrected chi connectivity index (χ1v) is 10.9. The molecule has 6 heteroatoms. The Hall–Kier alpha value is -3.51. The molecule has 0 bridgehead atoms. The Morgan fingerprint density at radius 3 is 2.41 bits per heavy atom. The third-order valence-electron chi connectivity index (χ3n) is 5.78. The molecule has 160 valence electrons. The number of anilines is 1. The Morgan fingerprint density at radius 1 is 0.938 bits per heavy atom. The van der Waals surface area contributed by atoms with Gasteiger partial charge in [0, 0.05) is 23.8 Å². The minimum Gasteiger partial charge on any atom is -0.351 e. The van der Waals surface area contributed by atoms with Gasteiger partial charge in [-0.3, -0.25) is 4.98 Å². The molecule has 0 saturated carbocycles. The zero-order valence-corrected chi connectivity index (χ0v) is 18.7. The summed E-state index contributed by atoms with van der Waals surface area (Å²) in [6.45, 7) is 4.16. The second kappa shape index (κ2) is 8.20. The highest BCUT2D eigenvalue weighted by Gasteiger charge is 2.42. The van der Waals surface area contributed by atoms with E-state index in [4.69, 9.17) is 12.2 Å². The van der Waals surface area contributed by atoms with Crippen LogP contribution in [-0.2, 0) is 0 Å². The molecule has 1 saturated heterocycles. The van der Waals surface area contributed by atoms with Gasteiger partial charge in [-0.05, 0) is 85.7 Å². The Bertz CT molecular complexity index is 1260. The monoisotopic (exact) mass is 442 g/mol. The van der Waals surface area contributed by atoms with Crippen molar-refractivity contribution in [2.75, 3.05) is 4.90 Å². The lowest BCUT2D eigenvalue weighted by Gasteiger charge is -2.29. The molecule has 3 heterocycles. The molecule has 1 N–H and O–H groups in total. The van der Waals surface area contributed by atoms with Crippen LogP contribution in [0.5, 0.6) is 0 Å². The fourth-order valence-electron chi connectivity index (χ4n) is 4.52. The number of halogens is 1. The SMILES string of the molecule is Cc1cc(C)cc(N2C(=S)N[C@@H](c3ccccn3)[C@H]2c2cccn2-c2ccccc2F)c1. The number of nitrogens with one attached hydrogen (secondary N) is 1. The van der Waals surface area contributed by atoms with Crippen molar-refractivity contribution in [2.45, 2.75) is 25.9 Å². The highest BCUT2D eigenvalue weighted by molar-refractivity contribution is 7.80. The number of para-hydroxylation sites is 1. The summed E-state index contributed by atoms with van der Waals surface area (Å²) < 4.78 is 16.7.